The Morgan fingerprint density at radius 1 is 0.214 bits per heavy atom. The van der Waals surface area contributed by atoms with Gasteiger partial charge in [-0.25, -0.2) is 0 Å². The summed E-state index contributed by atoms with van der Waals surface area (Å²) in [5.41, 5.74) is 0. The first-order valence-electron chi connectivity index (χ1n) is 16.3. The second-order valence-corrected chi connectivity index (χ2v) is 34.6. The zero-order chi connectivity index (χ0) is 40.0. The molecule has 0 fully saturated rings. The molecule has 0 aliphatic carbocycles. The van der Waals surface area contributed by atoms with E-state index >= 15 is 0 Å². The van der Waals surface area contributed by atoms with Crippen LogP contribution in [0.1, 0.15) is 27.7 Å². The van der Waals surface area contributed by atoms with Gasteiger partial charge in [0, 0.05) is 31.3 Å². The van der Waals surface area contributed by atoms with Gasteiger partial charge >= 0.3 is 0 Å². The quantitative estimate of drug-likeness (QED) is 0.242. The predicted molar refractivity (Wildman–Crippen MR) is 309 cm³/mol. The monoisotopic (exact) mass is 1110 g/mol. The highest BCUT2D eigenvalue weighted by Gasteiger charge is 2.32. The third-order valence-corrected chi connectivity index (χ3v) is 34.5. The minimum Gasteiger partial charge on any atom is -0.121 e. The smallest absolute Gasteiger partial charge is 0.0657 e. The topological polar surface area (TPSA) is 0 Å². The van der Waals surface area contributed by atoms with Gasteiger partial charge in [0.05, 0.1) is 59.3 Å². The molecule has 6 heterocycles. The Bertz CT molecular complexity index is 2220. The molecule has 0 nitrogen and oxygen atoms in total. The van der Waals surface area contributed by atoms with Crippen LogP contribution in [0.15, 0.2) is 53.5 Å². The van der Waals surface area contributed by atoms with Crippen molar-refractivity contribution in [2.75, 3.05) is 50.0 Å². The van der Waals surface area contributed by atoms with Gasteiger partial charge in [-0.3, -0.25) is 0 Å². The summed E-state index contributed by atoms with van der Waals surface area (Å²) in [5.74, 6) is 0. The van der Waals surface area contributed by atoms with E-state index in [0.717, 1.165) is 0 Å². The fourth-order valence-electron chi connectivity index (χ4n) is 5.56. The van der Waals surface area contributed by atoms with Crippen molar-refractivity contribution in [3.05, 3.63) is 84.8 Å². The maximum Gasteiger partial charge on any atom is 0.0657 e. The Labute approximate surface area is 417 Å². The fraction of sp³-hybridized carbons (Fsp3) is 0.333. The summed E-state index contributed by atoms with van der Waals surface area (Å²) in [6.45, 7) is 9.27. The third-order valence-electron chi connectivity index (χ3n) is 8.33. The van der Waals surface area contributed by atoms with Crippen LogP contribution in [0.4, 0.5) is 0 Å². The first kappa shape index (κ1) is 47.8. The summed E-state index contributed by atoms with van der Waals surface area (Å²) >= 11 is 39.3. The van der Waals surface area contributed by atoms with Gasteiger partial charge in [0.1, 0.15) is 0 Å². The van der Waals surface area contributed by atoms with Crippen molar-refractivity contribution in [1.29, 1.82) is 0 Å². The molecule has 1 aromatic carbocycles. The van der Waals surface area contributed by atoms with Crippen LogP contribution in [0.25, 0.3) is 25.4 Å². The maximum atomic E-state index is 2.32. The SMILES string of the molecule is CSC1=C(SC)SC(=c2c(=C3SC(C)=C(C)S3)c(=C3SC(C)=C(C)S3)c(=C3SC(SC)=C(SC)S3)c(=C3SC(SC)=C(SC)S3)c2=C2SC(SC)=C(SC)S2)S1. The Morgan fingerprint density at radius 2 is 0.339 bits per heavy atom. The minimum absolute atomic E-state index is 1.41. The molecule has 0 aromatic heterocycles. The van der Waals surface area contributed by atoms with Gasteiger partial charge in [0.25, 0.3) is 0 Å². The van der Waals surface area contributed by atoms with Crippen molar-refractivity contribution in [2.45, 2.75) is 27.7 Å². The van der Waals surface area contributed by atoms with Crippen molar-refractivity contribution in [3.63, 3.8) is 0 Å². The summed E-state index contributed by atoms with van der Waals surface area (Å²) < 4.78 is 19.9. The van der Waals surface area contributed by atoms with Gasteiger partial charge in [-0.05, 0) is 97.4 Å². The molecule has 0 saturated carbocycles. The molecular weight excluding hydrogens is 1070 g/mol. The van der Waals surface area contributed by atoms with E-state index in [9.17, 15) is 0 Å². The van der Waals surface area contributed by atoms with E-state index in [4.69, 9.17) is 0 Å². The first-order valence-corrected chi connectivity index (χ1v) is 35.9. The molecule has 0 atom stereocenters. The highest BCUT2D eigenvalue weighted by atomic mass is 32.3. The van der Waals surface area contributed by atoms with Crippen LogP contribution in [-0.2, 0) is 0 Å². The lowest BCUT2D eigenvalue weighted by atomic mass is 10.1. The van der Waals surface area contributed by atoms with Crippen LogP contribution < -0.4 is 31.3 Å². The molecule has 56 heavy (non-hydrogen) atoms. The molecule has 0 saturated heterocycles. The number of hydrogen-bond donors (Lipinski definition) is 0. The largest absolute Gasteiger partial charge is 0.121 e. The van der Waals surface area contributed by atoms with Gasteiger partial charge in [-0.15, -0.1) is 94.1 Å². The Balaban J connectivity index is 1.87. The highest BCUT2D eigenvalue weighted by Crippen LogP contribution is 2.60. The molecule has 0 unspecified atom stereocenters. The average molecular weight is 1110 g/mol. The predicted octanol–water partition coefficient (Wildman–Crippen LogP) is 14.9. The van der Waals surface area contributed by atoms with Crippen molar-refractivity contribution in [2.24, 2.45) is 0 Å². The molecule has 0 spiro atoms. The molecule has 6 aliphatic heterocycles. The van der Waals surface area contributed by atoms with E-state index < -0.39 is 0 Å². The molecule has 20 heteroatoms. The number of allylic oxidation sites excluding steroid dienone is 4. The van der Waals surface area contributed by atoms with E-state index in [1.54, 1.807) is 0 Å². The minimum atomic E-state index is 1.41. The first-order chi connectivity index (χ1) is 27.0. The van der Waals surface area contributed by atoms with Gasteiger partial charge in [-0.1, -0.05) is 141 Å². The molecule has 7 rings (SSSR count). The van der Waals surface area contributed by atoms with Gasteiger partial charge < -0.3 is 0 Å². The summed E-state index contributed by atoms with van der Waals surface area (Å²) in [7, 11) is 0. The molecular formula is C36H36S20. The lowest BCUT2D eigenvalue weighted by Crippen LogP contribution is -2.67. The van der Waals surface area contributed by atoms with Crippen molar-refractivity contribution in [3.8, 4) is 0 Å². The molecule has 6 aliphatic rings. The van der Waals surface area contributed by atoms with E-state index in [-0.39, 0.29) is 0 Å². The van der Waals surface area contributed by atoms with E-state index in [1.165, 1.54) is 110 Å². The van der Waals surface area contributed by atoms with Gasteiger partial charge in [-0.2, -0.15) is 0 Å². The van der Waals surface area contributed by atoms with Crippen molar-refractivity contribution in [1.82, 2.24) is 0 Å². The Kier molecular flexibility index (Phi) is 18.3. The van der Waals surface area contributed by atoms with Crippen LogP contribution in [-0.4, -0.2) is 50.0 Å². The lowest BCUT2D eigenvalue weighted by Gasteiger charge is -2.14. The number of hydrogen-bond acceptors (Lipinski definition) is 20. The number of benzene rings is 1. The van der Waals surface area contributed by atoms with E-state index in [1.807, 2.05) is 235 Å². The van der Waals surface area contributed by atoms with Gasteiger partial charge in [0.15, 0.2) is 0 Å². The highest BCUT2D eigenvalue weighted by molar-refractivity contribution is 8.48. The summed E-state index contributed by atoms with van der Waals surface area (Å²) in [5, 5.41) is 8.61. The molecule has 300 valence electrons. The zero-order valence-corrected chi connectivity index (χ0v) is 48.5. The van der Waals surface area contributed by atoms with Gasteiger partial charge in [0.2, 0.25) is 0 Å². The Morgan fingerprint density at radius 3 is 0.464 bits per heavy atom. The molecule has 0 amide bonds. The van der Waals surface area contributed by atoms with Crippen molar-refractivity contribution >= 4 is 261 Å². The second-order valence-electron chi connectivity index (χ2n) is 11.4. The fourth-order valence-corrected chi connectivity index (χ4v) is 31.2. The summed E-state index contributed by atoms with van der Waals surface area (Å²) in [4.78, 5) is 5.66. The number of rotatable bonds is 8. The summed E-state index contributed by atoms with van der Waals surface area (Å²) in [6, 6.07) is 0. The van der Waals surface area contributed by atoms with Crippen LogP contribution in [0.2, 0.25) is 0 Å². The normalized spacial score (nSPS) is 21.0. The zero-order valence-electron chi connectivity index (χ0n) is 32.2. The van der Waals surface area contributed by atoms with Crippen LogP contribution in [0, 0.1) is 0 Å². The molecule has 0 radical (unpaired) electrons. The number of thioether (sulfide) groups is 20. The van der Waals surface area contributed by atoms with E-state index in [0.29, 0.717) is 0 Å². The molecule has 1 aromatic rings. The lowest BCUT2D eigenvalue weighted by molar-refractivity contribution is 1.31. The van der Waals surface area contributed by atoms with Crippen LogP contribution >= 0.6 is 235 Å². The molecule has 0 N–H and O–H groups in total. The Hall–Kier alpha value is 3.88. The standard InChI is InChI=1S/C36H36S20/c1-13-14(2)46-23(45-13)17-18(24-47-15(3)16(4)48-24)20(26-51-31(39-7)32(40-8)52-26)22(28-55-35(43-11)36(44-12)56-28)21(27-53-33(41-9)34(42-10)54-27)19(17)25-49-29(37-5)30(38-6)50-25/h1-12H3. The third kappa shape index (κ3) is 9.57. The maximum absolute atomic E-state index is 2.32. The van der Waals surface area contributed by atoms with Crippen LogP contribution in [0.5, 0.6) is 0 Å². The van der Waals surface area contributed by atoms with Crippen molar-refractivity contribution < 1.29 is 0 Å². The summed E-state index contributed by atoms with van der Waals surface area (Å²) in [6.07, 6.45) is 18.0. The molecule has 0 bridgehead atoms. The van der Waals surface area contributed by atoms with Crippen LogP contribution in [0.3, 0.4) is 0 Å². The second kappa shape index (κ2) is 21.5. The van der Waals surface area contributed by atoms with E-state index in [2.05, 4.69) is 77.7 Å². The average Bonchev–Trinajstić information content (AvgIpc) is 4.07.